The minimum Gasteiger partial charge on any atom is -0.224 e. The summed E-state index contributed by atoms with van der Waals surface area (Å²) < 4.78 is 22.7. The largest absolute Gasteiger partial charge is 0.224 e. The van der Waals surface area contributed by atoms with Crippen molar-refractivity contribution in [2.75, 3.05) is 6.26 Å². The predicted octanol–water partition coefficient (Wildman–Crippen LogP) is 3.94. The quantitative estimate of drug-likeness (QED) is 0.800. The standard InChI is InChI=1S/C15H16N2O2S/c1-12(13-6-4-3-5-7-13)16-17-14-8-10-15(11-9-14)20(2,18)19/h3-12H,1-2H3. The van der Waals surface area contributed by atoms with Gasteiger partial charge in [0, 0.05) is 6.26 Å². The third kappa shape index (κ3) is 3.74. The fourth-order valence-electron chi connectivity index (χ4n) is 1.71. The molecule has 0 fully saturated rings. The van der Waals surface area contributed by atoms with Gasteiger partial charge in [0.15, 0.2) is 9.84 Å². The first-order valence-corrected chi connectivity index (χ1v) is 8.12. The monoisotopic (exact) mass is 288 g/mol. The summed E-state index contributed by atoms with van der Waals surface area (Å²) in [7, 11) is -3.17. The van der Waals surface area contributed by atoms with E-state index in [-0.39, 0.29) is 10.9 Å². The van der Waals surface area contributed by atoms with Crippen LogP contribution in [0.5, 0.6) is 0 Å². The van der Waals surface area contributed by atoms with Crippen molar-refractivity contribution in [2.45, 2.75) is 17.9 Å². The molecule has 20 heavy (non-hydrogen) atoms. The highest BCUT2D eigenvalue weighted by Crippen LogP contribution is 2.21. The van der Waals surface area contributed by atoms with E-state index in [0.717, 1.165) is 5.56 Å². The van der Waals surface area contributed by atoms with E-state index in [0.29, 0.717) is 5.69 Å². The molecule has 5 heteroatoms. The van der Waals surface area contributed by atoms with Crippen molar-refractivity contribution in [3.63, 3.8) is 0 Å². The highest BCUT2D eigenvalue weighted by Gasteiger charge is 2.06. The summed E-state index contributed by atoms with van der Waals surface area (Å²) >= 11 is 0. The lowest BCUT2D eigenvalue weighted by molar-refractivity contribution is 0.602. The van der Waals surface area contributed by atoms with Gasteiger partial charge >= 0.3 is 0 Å². The molecule has 0 N–H and O–H groups in total. The Morgan fingerprint density at radius 2 is 1.55 bits per heavy atom. The van der Waals surface area contributed by atoms with Crippen molar-refractivity contribution in [3.05, 3.63) is 60.2 Å². The molecule has 0 aromatic heterocycles. The molecule has 0 amide bonds. The summed E-state index contributed by atoms with van der Waals surface area (Å²) in [5.41, 5.74) is 1.73. The molecule has 0 aliphatic heterocycles. The molecule has 0 aliphatic rings. The van der Waals surface area contributed by atoms with Crippen molar-refractivity contribution < 1.29 is 8.42 Å². The maximum atomic E-state index is 11.3. The molecule has 0 aliphatic carbocycles. The molecule has 104 valence electrons. The van der Waals surface area contributed by atoms with Crippen molar-refractivity contribution in [1.29, 1.82) is 0 Å². The van der Waals surface area contributed by atoms with Crippen LogP contribution in [0.15, 0.2) is 69.7 Å². The summed E-state index contributed by atoms with van der Waals surface area (Å²) in [4.78, 5) is 0.285. The fraction of sp³-hybridized carbons (Fsp3) is 0.200. The molecule has 0 saturated heterocycles. The van der Waals surface area contributed by atoms with Crippen molar-refractivity contribution in [1.82, 2.24) is 0 Å². The van der Waals surface area contributed by atoms with E-state index in [1.807, 2.05) is 37.3 Å². The van der Waals surface area contributed by atoms with E-state index in [1.165, 1.54) is 18.4 Å². The van der Waals surface area contributed by atoms with E-state index in [4.69, 9.17) is 0 Å². The first-order valence-electron chi connectivity index (χ1n) is 6.23. The molecule has 1 atom stereocenters. The lowest BCUT2D eigenvalue weighted by Gasteiger charge is -2.04. The van der Waals surface area contributed by atoms with Crippen LogP contribution in [0.1, 0.15) is 18.5 Å². The molecule has 2 aromatic carbocycles. The van der Waals surface area contributed by atoms with Crippen LogP contribution in [-0.2, 0) is 9.84 Å². The van der Waals surface area contributed by atoms with Gasteiger partial charge in [-0.25, -0.2) is 8.42 Å². The number of hydrogen-bond donors (Lipinski definition) is 0. The molecule has 2 rings (SSSR count). The zero-order chi connectivity index (χ0) is 14.6. The summed E-state index contributed by atoms with van der Waals surface area (Å²) in [6, 6.07) is 16.2. The smallest absolute Gasteiger partial charge is 0.175 e. The maximum Gasteiger partial charge on any atom is 0.175 e. The van der Waals surface area contributed by atoms with Crippen LogP contribution in [0.25, 0.3) is 0 Å². The van der Waals surface area contributed by atoms with Gasteiger partial charge < -0.3 is 0 Å². The number of benzene rings is 2. The van der Waals surface area contributed by atoms with Gasteiger partial charge in [-0.15, -0.1) is 0 Å². The van der Waals surface area contributed by atoms with Gasteiger partial charge in [-0.2, -0.15) is 10.2 Å². The summed E-state index contributed by atoms with van der Waals surface area (Å²) in [5, 5.41) is 8.37. The predicted molar refractivity (Wildman–Crippen MR) is 78.9 cm³/mol. The first kappa shape index (κ1) is 14.4. The van der Waals surface area contributed by atoms with Crippen molar-refractivity contribution in [3.8, 4) is 0 Å². The second-order valence-electron chi connectivity index (χ2n) is 4.57. The zero-order valence-corrected chi connectivity index (χ0v) is 12.2. The Labute approximate surface area is 119 Å². The third-order valence-corrected chi connectivity index (χ3v) is 4.02. The van der Waals surface area contributed by atoms with Gasteiger partial charge in [0.1, 0.15) is 0 Å². The van der Waals surface area contributed by atoms with Crippen LogP contribution in [-0.4, -0.2) is 14.7 Å². The van der Waals surface area contributed by atoms with Crippen LogP contribution in [0.4, 0.5) is 5.69 Å². The Balaban J connectivity index is 2.12. The van der Waals surface area contributed by atoms with E-state index in [2.05, 4.69) is 10.2 Å². The number of sulfone groups is 1. The zero-order valence-electron chi connectivity index (χ0n) is 11.4. The molecule has 4 nitrogen and oxygen atoms in total. The number of rotatable bonds is 4. The Kier molecular flexibility index (Phi) is 4.29. The van der Waals surface area contributed by atoms with E-state index in [9.17, 15) is 8.42 Å². The number of azo groups is 1. The fourth-order valence-corrected chi connectivity index (χ4v) is 2.34. The van der Waals surface area contributed by atoms with Gasteiger partial charge in [0.2, 0.25) is 0 Å². The minimum atomic E-state index is -3.17. The molecule has 0 heterocycles. The van der Waals surface area contributed by atoms with E-state index >= 15 is 0 Å². The molecule has 1 unspecified atom stereocenters. The molecular formula is C15H16N2O2S. The Bertz CT molecular complexity index is 692. The second-order valence-corrected chi connectivity index (χ2v) is 6.58. The third-order valence-electron chi connectivity index (χ3n) is 2.89. The van der Waals surface area contributed by atoms with Gasteiger partial charge in [-0.1, -0.05) is 30.3 Å². The minimum absolute atomic E-state index is 0.0363. The average molecular weight is 288 g/mol. The molecule has 0 radical (unpaired) electrons. The lowest BCUT2D eigenvalue weighted by Crippen LogP contribution is -1.95. The Morgan fingerprint density at radius 1 is 0.950 bits per heavy atom. The highest BCUT2D eigenvalue weighted by molar-refractivity contribution is 7.90. The molecule has 0 saturated carbocycles. The van der Waals surface area contributed by atoms with Crippen molar-refractivity contribution in [2.24, 2.45) is 10.2 Å². The number of nitrogens with zero attached hydrogens (tertiary/aromatic N) is 2. The van der Waals surface area contributed by atoms with Gasteiger partial charge in [0.05, 0.1) is 16.6 Å². The maximum absolute atomic E-state index is 11.3. The first-order chi connectivity index (χ1) is 9.47. The molecule has 0 spiro atoms. The Morgan fingerprint density at radius 3 is 2.10 bits per heavy atom. The van der Waals surface area contributed by atoms with Gasteiger partial charge in [0.25, 0.3) is 0 Å². The topological polar surface area (TPSA) is 58.9 Å². The Hall–Kier alpha value is -2.01. The highest BCUT2D eigenvalue weighted by atomic mass is 32.2. The van der Waals surface area contributed by atoms with Crippen LogP contribution in [0.3, 0.4) is 0 Å². The normalized spacial score (nSPS) is 13.5. The van der Waals surface area contributed by atoms with Gasteiger partial charge in [-0.05, 0) is 36.8 Å². The lowest BCUT2D eigenvalue weighted by atomic mass is 10.1. The molecule has 0 bridgehead atoms. The van der Waals surface area contributed by atoms with Crippen LogP contribution in [0, 0.1) is 0 Å². The average Bonchev–Trinajstić information content (AvgIpc) is 2.45. The van der Waals surface area contributed by atoms with Gasteiger partial charge in [-0.3, -0.25) is 0 Å². The second kappa shape index (κ2) is 5.96. The number of hydrogen-bond acceptors (Lipinski definition) is 4. The van der Waals surface area contributed by atoms with E-state index < -0.39 is 9.84 Å². The summed E-state index contributed by atoms with van der Waals surface area (Å²) in [6.45, 7) is 1.96. The summed E-state index contributed by atoms with van der Waals surface area (Å²) in [6.07, 6.45) is 1.18. The summed E-state index contributed by atoms with van der Waals surface area (Å²) in [5.74, 6) is 0. The van der Waals surface area contributed by atoms with Crippen LogP contribution >= 0.6 is 0 Å². The van der Waals surface area contributed by atoms with Crippen LogP contribution in [0.2, 0.25) is 0 Å². The van der Waals surface area contributed by atoms with Crippen LogP contribution < -0.4 is 0 Å². The SMILES string of the molecule is CC(N=Nc1ccc(S(C)(=O)=O)cc1)c1ccccc1. The molecule has 2 aromatic rings. The van der Waals surface area contributed by atoms with E-state index in [1.54, 1.807) is 12.1 Å². The molecular weight excluding hydrogens is 272 g/mol. The van der Waals surface area contributed by atoms with Crippen molar-refractivity contribution >= 4 is 15.5 Å².